The monoisotopic (exact) mass is 253 g/mol. The largest absolute Gasteiger partial charge is 0.325 e. The van der Waals surface area contributed by atoms with Crippen molar-refractivity contribution in [3.05, 3.63) is 15.6 Å². The van der Waals surface area contributed by atoms with Gasteiger partial charge in [0.2, 0.25) is 0 Å². The fourth-order valence-electron chi connectivity index (χ4n) is 2.34. The summed E-state index contributed by atoms with van der Waals surface area (Å²) >= 11 is 1.87. The van der Waals surface area contributed by atoms with Crippen LogP contribution in [0.25, 0.3) is 0 Å². The zero-order chi connectivity index (χ0) is 12.6. The third-order valence-electron chi connectivity index (χ3n) is 3.27. The first-order chi connectivity index (χ1) is 7.85. The summed E-state index contributed by atoms with van der Waals surface area (Å²) in [6, 6.07) is 0. The van der Waals surface area contributed by atoms with Crippen molar-refractivity contribution < 1.29 is 0 Å². The molecule has 2 rings (SSSR count). The summed E-state index contributed by atoms with van der Waals surface area (Å²) in [6.45, 7) is 8.61. The van der Waals surface area contributed by atoms with E-state index in [0.29, 0.717) is 5.92 Å². The van der Waals surface area contributed by atoms with E-state index < -0.39 is 0 Å². The van der Waals surface area contributed by atoms with Gasteiger partial charge in [0.15, 0.2) is 0 Å². The van der Waals surface area contributed by atoms with Crippen LogP contribution in [0.3, 0.4) is 0 Å². The molecule has 1 atom stereocenters. The molecule has 1 fully saturated rings. The maximum absolute atomic E-state index is 6.09. The molecule has 0 spiro atoms. The highest BCUT2D eigenvalue weighted by Gasteiger charge is 2.25. The predicted octanol–water partition coefficient (Wildman–Crippen LogP) is 2.15. The Morgan fingerprint density at radius 2 is 2.24 bits per heavy atom. The van der Waals surface area contributed by atoms with Gasteiger partial charge < -0.3 is 10.6 Å². The van der Waals surface area contributed by atoms with E-state index in [1.54, 1.807) is 0 Å². The third-order valence-corrected chi connectivity index (χ3v) is 4.59. The lowest BCUT2D eigenvalue weighted by atomic mass is 10.0. The highest BCUT2D eigenvalue weighted by Crippen LogP contribution is 2.32. The number of likely N-dealkylation sites (tertiary alicyclic amines) is 1. The van der Waals surface area contributed by atoms with Gasteiger partial charge in [-0.2, -0.15) is 0 Å². The molecule has 2 heterocycles. The van der Waals surface area contributed by atoms with Gasteiger partial charge in [0.05, 0.1) is 10.7 Å². The number of aryl methyl sites for hydroxylation is 1. The number of nitrogens with two attached hydrogens (primary N) is 1. The number of thiazole rings is 1. The van der Waals surface area contributed by atoms with Gasteiger partial charge >= 0.3 is 0 Å². The van der Waals surface area contributed by atoms with E-state index in [9.17, 15) is 0 Å². The van der Waals surface area contributed by atoms with Crippen LogP contribution in [0.2, 0.25) is 0 Å². The van der Waals surface area contributed by atoms with Crippen LogP contribution >= 0.6 is 11.3 Å². The number of aromatic nitrogens is 1. The summed E-state index contributed by atoms with van der Waals surface area (Å²) in [6.07, 6.45) is 2.17. The predicted molar refractivity (Wildman–Crippen MR) is 73.7 cm³/mol. The Bertz CT molecular complexity index is 392. The summed E-state index contributed by atoms with van der Waals surface area (Å²) in [7, 11) is 2.18. The highest BCUT2D eigenvalue weighted by molar-refractivity contribution is 7.11. The van der Waals surface area contributed by atoms with Crippen molar-refractivity contribution in [3.8, 4) is 0 Å². The van der Waals surface area contributed by atoms with Crippen molar-refractivity contribution in [2.45, 2.75) is 45.1 Å². The Hall–Kier alpha value is -0.450. The van der Waals surface area contributed by atoms with E-state index in [1.807, 2.05) is 11.3 Å². The molecule has 1 aliphatic heterocycles. The maximum Gasteiger partial charge on any atom is 0.0975 e. The normalized spacial score (nSPS) is 22.3. The number of hydrogen-bond donors (Lipinski definition) is 1. The van der Waals surface area contributed by atoms with Crippen LogP contribution in [0.4, 0.5) is 0 Å². The van der Waals surface area contributed by atoms with Crippen LogP contribution in [0.1, 0.15) is 41.8 Å². The lowest BCUT2D eigenvalue weighted by molar-refractivity contribution is 0.411. The number of rotatable bonds is 3. The molecule has 3 nitrogen and oxygen atoms in total. The van der Waals surface area contributed by atoms with Gasteiger partial charge in [-0.25, -0.2) is 4.98 Å². The Balaban J connectivity index is 2.13. The zero-order valence-electron chi connectivity index (χ0n) is 11.3. The molecule has 17 heavy (non-hydrogen) atoms. The van der Waals surface area contributed by atoms with Gasteiger partial charge in [0, 0.05) is 29.3 Å². The smallest absolute Gasteiger partial charge is 0.0975 e. The number of likely N-dealkylation sites (N-methyl/N-ethyl adjacent to an activating group) is 1. The van der Waals surface area contributed by atoms with Crippen molar-refractivity contribution in [1.29, 1.82) is 0 Å². The summed E-state index contributed by atoms with van der Waals surface area (Å²) in [5.41, 5.74) is 7.13. The number of hydrogen-bond acceptors (Lipinski definition) is 4. The Kier molecular flexibility index (Phi) is 3.57. The van der Waals surface area contributed by atoms with E-state index in [1.165, 1.54) is 28.5 Å². The van der Waals surface area contributed by atoms with Crippen molar-refractivity contribution >= 4 is 11.3 Å². The van der Waals surface area contributed by atoms with Gasteiger partial charge in [0.25, 0.3) is 0 Å². The lowest BCUT2D eigenvalue weighted by Gasteiger charge is -2.17. The molecule has 1 aromatic heterocycles. The van der Waals surface area contributed by atoms with E-state index in [4.69, 9.17) is 10.7 Å². The average molecular weight is 253 g/mol. The van der Waals surface area contributed by atoms with Crippen molar-refractivity contribution in [1.82, 2.24) is 9.88 Å². The van der Waals surface area contributed by atoms with Crippen LogP contribution in [0, 0.1) is 6.92 Å². The average Bonchev–Trinajstić information content (AvgIpc) is 2.72. The molecule has 0 amide bonds. The quantitative estimate of drug-likeness (QED) is 0.897. The molecule has 0 saturated carbocycles. The Labute approximate surface area is 108 Å². The molecule has 4 heteroatoms. The molecule has 0 radical (unpaired) electrons. The second-order valence-corrected chi connectivity index (χ2v) is 7.09. The van der Waals surface area contributed by atoms with Crippen molar-refractivity contribution in [3.63, 3.8) is 0 Å². The Morgan fingerprint density at radius 3 is 2.76 bits per heavy atom. The molecule has 1 unspecified atom stereocenters. The molecule has 1 aromatic rings. The zero-order valence-corrected chi connectivity index (χ0v) is 12.1. The molecule has 1 saturated heterocycles. The summed E-state index contributed by atoms with van der Waals surface area (Å²) in [5, 5.41) is 1.31. The molecule has 1 aliphatic rings. The van der Waals surface area contributed by atoms with Gasteiger partial charge in [-0.05, 0) is 40.8 Å². The van der Waals surface area contributed by atoms with Crippen LogP contribution in [0.5, 0.6) is 0 Å². The summed E-state index contributed by atoms with van der Waals surface area (Å²) in [5.74, 6) is 0.637. The molecule has 96 valence electrons. The molecule has 0 bridgehead atoms. The third kappa shape index (κ3) is 3.27. The molecule has 0 aliphatic carbocycles. The van der Waals surface area contributed by atoms with E-state index >= 15 is 0 Å². The van der Waals surface area contributed by atoms with E-state index in [-0.39, 0.29) is 5.54 Å². The molecule has 0 aromatic carbocycles. The topological polar surface area (TPSA) is 42.2 Å². The summed E-state index contributed by atoms with van der Waals surface area (Å²) < 4.78 is 0. The van der Waals surface area contributed by atoms with Crippen LogP contribution in [-0.2, 0) is 6.42 Å². The molecular weight excluding hydrogens is 230 g/mol. The fraction of sp³-hybridized carbons (Fsp3) is 0.769. The first-order valence-corrected chi connectivity index (χ1v) is 7.10. The fourth-order valence-corrected chi connectivity index (χ4v) is 3.77. The van der Waals surface area contributed by atoms with Crippen molar-refractivity contribution in [2.75, 3.05) is 20.1 Å². The first-order valence-electron chi connectivity index (χ1n) is 6.29. The Morgan fingerprint density at radius 1 is 1.53 bits per heavy atom. The minimum Gasteiger partial charge on any atom is -0.325 e. The second kappa shape index (κ2) is 4.67. The number of nitrogens with zero attached hydrogens (tertiary/aromatic N) is 2. The maximum atomic E-state index is 6.09. The lowest BCUT2D eigenvalue weighted by Crippen LogP contribution is -2.34. The minimum atomic E-state index is -0.138. The SMILES string of the molecule is Cc1nc(C2CCN(C)C2)sc1CC(C)(C)N. The summed E-state index contributed by atoms with van der Waals surface area (Å²) in [4.78, 5) is 8.49. The van der Waals surface area contributed by atoms with E-state index in [2.05, 4.69) is 32.7 Å². The van der Waals surface area contributed by atoms with Gasteiger partial charge in [0.1, 0.15) is 0 Å². The van der Waals surface area contributed by atoms with Crippen LogP contribution < -0.4 is 5.73 Å². The van der Waals surface area contributed by atoms with E-state index in [0.717, 1.165) is 13.0 Å². The molecular formula is C13H23N3S. The second-order valence-electron chi connectivity index (χ2n) is 5.97. The van der Waals surface area contributed by atoms with Crippen LogP contribution in [0.15, 0.2) is 0 Å². The van der Waals surface area contributed by atoms with Crippen molar-refractivity contribution in [2.24, 2.45) is 5.73 Å². The van der Waals surface area contributed by atoms with Gasteiger partial charge in [-0.3, -0.25) is 0 Å². The van der Waals surface area contributed by atoms with Gasteiger partial charge in [-0.1, -0.05) is 0 Å². The molecule has 2 N–H and O–H groups in total. The standard InChI is InChI=1S/C13H23N3S/c1-9-11(7-13(2,3)14)17-12(15-9)10-5-6-16(4)8-10/h10H,5-8,14H2,1-4H3. The highest BCUT2D eigenvalue weighted by atomic mass is 32.1. The first kappa shape index (κ1) is 13.0. The van der Waals surface area contributed by atoms with Gasteiger partial charge in [-0.15, -0.1) is 11.3 Å². The van der Waals surface area contributed by atoms with Crippen LogP contribution in [-0.4, -0.2) is 35.6 Å². The minimum absolute atomic E-state index is 0.138.